The Morgan fingerprint density at radius 2 is 1.97 bits per heavy atom. The predicted molar refractivity (Wildman–Crippen MR) is 118 cm³/mol. The lowest BCUT2D eigenvalue weighted by Crippen LogP contribution is -2.47. The van der Waals surface area contributed by atoms with Crippen molar-refractivity contribution >= 4 is 23.2 Å². The van der Waals surface area contributed by atoms with Crippen molar-refractivity contribution in [3.8, 4) is 0 Å². The van der Waals surface area contributed by atoms with Crippen LogP contribution >= 0.6 is 11.6 Å². The fourth-order valence-electron chi connectivity index (χ4n) is 4.26. The molecule has 31 heavy (non-hydrogen) atoms. The second-order valence-electron chi connectivity index (χ2n) is 8.21. The van der Waals surface area contributed by atoms with E-state index in [1.165, 1.54) is 12.1 Å². The summed E-state index contributed by atoms with van der Waals surface area (Å²) in [5.74, 6) is -0.266. The molecular weight excluding hydrogens is 419 g/mol. The first-order chi connectivity index (χ1) is 15.0. The molecule has 7 heteroatoms. The van der Waals surface area contributed by atoms with Gasteiger partial charge in [0.2, 0.25) is 5.91 Å². The quantitative estimate of drug-likeness (QED) is 0.683. The molecule has 0 bridgehead atoms. The molecule has 0 radical (unpaired) electrons. The van der Waals surface area contributed by atoms with Crippen molar-refractivity contribution in [2.75, 3.05) is 19.8 Å². The molecule has 1 amide bonds. The average molecular weight is 445 g/mol. The third-order valence-electron chi connectivity index (χ3n) is 6.05. The van der Waals surface area contributed by atoms with E-state index in [2.05, 4.69) is 10.5 Å². The Labute approximate surface area is 186 Å². The van der Waals surface area contributed by atoms with E-state index in [9.17, 15) is 9.18 Å². The lowest BCUT2D eigenvalue weighted by atomic mass is 9.74. The Hall–Kier alpha value is -2.44. The summed E-state index contributed by atoms with van der Waals surface area (Å²) in [5.41, 5.74) is 2.01. The molecule has 2 heterocycles. The minimum atomic E-state index is -0.546. The molecule has 1 saturated heterocycles. The topological polar surface area (TPSA) is 59.9 Å². The van der Waals surface area contributed by atoms with E-state index < -0.39 is 5.41 Å². The van der Waals surface area contributed by atoms with Crippen LogP contribution in [0.2, 0.25) is 5.02 Å². The third-order valence-corrected chi connectivity index (χ3v) is 6.31. The number of nitrogens with zero attached hydrogens (tertiary/aromatic N) is 1. The van der Waals surface area contributed by atoms with Crippen molar-refractivity contribution in [2.45, 2.75) is 38.2 Å². The minimum Gasteiger partial charge on any atom is -0.392 e. The molecule has 0 saturated carbocycles. The molecule has 0 unspecified atom stereocenters. The predicted octanol–water partition coefficient (Wildman–Crippen LogP) is 4.52. The van der Waals surface area contributed by atoms with Crippen LogP contribution < -0.4 is 5.32 Å². The molecule has 2 aromatic rings. The number of benzene rings is 2. The van der Waals surface area contributed by atoms with E-state index >= 15 is 0 Å². The maximum atomic E-state index is 13.5. The average Bonchev–Trinajstić information content (AvgIpc) is 3.24. The summed E-state index contributed by atoms with van der Waals surface area (Å²) in [7, 11) is 0. The molecular formula is C24H26ClFN2O3. The van der Waals surface area contributed by atoms with E-state index in [4.69, 9.17) is 21.2 Å². The van der Waals surface area contributed by atoms with Crippen molar-refractivity contribution in [3.63, 3.8) is 0 Å². The summed E-state index contributed by atoms with van der Waals surface area (Å²) in [5, 5.41) is 7.98. The van der Waals surface area contributed by atoms with Gasteiger partial charge in [0, 0.05) is 43.2 Å². The summed E-state index contributed by atoms with van der Waals surface area (Å²) in [6.45, 7) is 1.66. The van der Waals surface area contributed by atoms with Crippen LogP contribution in [0.25, 0.3) is 0 Å². The molecule has 1 N–H and O–H groups in total. The molecule has 5 nitrogen and oxygen atoms in total. The summed E-state index contributed by atoms with van der Waals surface area (Å²) in [6, 6.07) is 14.0. The van der Waals surface area contributed by atoms with Crippen LogP contribution in [0.1, 0.15) is 36.8 Å². The number of ether oxygens (including phenoxy) is 1. The zero-order valence-corrected chi connectivity index (χ0v) is 18.0. The number of rotatable bonds is 7. The Balaban J connectivity index is 1.36. The number of amides is 1. The summed E-state index contributed by atoms with van der Waals surface area (Å²) in [4.78, 5) is 18.9. The first kappa shape index (κ1) is 21.8. The highest BCUT2D eigenvalue weighted by molar-refractivity contribution is 6.30. The number of hydrogen-bond acceptors (Lipinski definition) is 4. The number of oxime groups is 1. The second-order valence-corrected chi connectivity index (χ2v) is 8.65. The zero-order valence-electron chi connectivity index (χ0n) is 17.3. The smallest absolute Gasteiger partial charge is 0.226 e. The van der Waals surface area contributed by atoms with Crippen LogP contribution in [0, 0.1) is 11.2 Å². The maximum absolute atomic E-state index is 13.5. The van der Waals surface area contributed by atoms with Gasteiger partial charge in [0.15, 0.2) is 0 Å². The van der Waals surface area contributed by atoms with Crippen molar-refractivity contribution in [2.24, 2.45) is 10.6 Å². The molecule has 1 fully saturated rings. The lowest BCUT2D eigenvalue weighted by Gasteiger charge is -2.37. The van der Waals surface area contributed by atoms with Crippen LogP contribution in [0.15, 0.2) is 53.7 Å². The molecule has 1 atom stereocenters. The van der Waals surface area contributed by atoms with E-state index in [0.29, 0.717) is 50.5 Å². The molecule has 0 aromatic heterocycles. The van der Waals surface area contributed by atoms with Crippen molar-refractivity contribution in [3.05, 3.63) is 70.5 Å². The van der Waals surface area contributed by atoms with Gasteiger partial charge in [-0.15, -0.1) is 0 Å². The first-order valence-corrected chi connectivity index (χ1v) is 11.0. The molecule has 0 spiro atoms. The van der Waals surface area contributed by atoms with Gasteiger partial charge in [-0.1, -0.05) is 41.0 Å². The van der Waals surface area contributed by atoms with Gasteiger partial charge in [-0.3, -0.25) is 4.79 Å². The highest BCUT2D eigenvalue weighted by Crippen LogP contribution is 2.38. The summed E-state index contributed by atoms with van der Waals surface area (Å²) < 4.78 is 19.1. The van der Waals surface area contributed by atoms with Gasteiger partial charge in [0.1, 0.15) is 11.9 Å². The Bertz CT molecular complexity index is 942. The molecule has 4 rings (SSSR count). The van der Waals surface area contributed by atoms with Crippen LogP contribution in [-0.2, 0) is 20.8 Å². The van der Waals surface area contributed by atoms with E-state index in [1.54, 1.807) is 6.07 Å². The molecule has 2 aliphatic rings. The van der Waals surface area contributed by atoms with Gasteiger partial charge in [-0.05, 0) is 49.1 Å². The number of carbonyl (C=O) groups excluding carboxylic acids is 1. The molecule has 0 aliphatic carbocycles. The lowest BCUT2D eigenvalue weighted by molar-refractivity contribution is -0.140. The third kappa shape index (κ3) is 5.43. The minimum absolute atomic E-state index is 0.0348. The van der Waals surface area contributed by atoms with Crippen molar-refractivity contribution in [1.29, 1.82) is 0 Å². The van der Waals surface area contributed by atoms with Crippen LogP contribution in [0.5, 0.6) is 0 Å². The van der Waals surface area contributed by atoms with Gasteiger partial charge < -0.3 is 14.9 Å². The monoisotopic (exact) mass is 444 g/mol. The van der Waals surface area contributed by atoms with Crippen LogP contribution in [0.3, 0.4) is 0 Å². The SMILES string of the molecule is O=C(NCCc1ccc(Cl)cc1)C1(C[C@H]2CC(c3cccc(F)c3)=NO2)CCOCC1. The number of nitrogens with one attached hydrogen (secondary N) is 1. The van der Waals surface area contributed by atoms with Crippen LogP contribution in [-0.4, -0.2) is 37.5 Å². The van der Waals surface area contributed by atoms with Crippen molar-refractivity contribution in [1.82, 2.24) is 5.32 Å². The van der Waals surface area contributed by atoms with Gasteiger partial charge in [-0.25, -0.2) is 4.39 Å². The Kier molecular flexibility index (Phi) is 6.88. The molecule has 164 valence electrons. The van der Waals surface area contributed by atoms with E-state index in [1.807, 2.05) is 30.3 Å². The van der Waals surface area contributed by atoms with E-state index in [0.717, 1.165) is 23.3 Å². The second kappa shape index (κ2) is 9.79. The first-order valence-electron chi connectivity index (χ1n) is 10.6. The van der Waals surface area contributed by atoms with Gasteiger partial charge in [-0.2, -0.15) is 0 Å². The highest BCUT2D eigenvalue weighted by Gasteiger charge is 2.43. The van der Waals surface area contributed by atoms with Crippen LogP contribution in [0.4, 0.5) is 4.39 Å². The molecule has 2 aliphatic heterocycles. The van der Waals surface area contributed by atoms with E-state index in [-0.39, 0.29) is 17.8 Å². The van der Waals surface area contributed by atoms with Gasteiger partial charge >= 0.3 is 0 Å². The highest BCUT2D eigenvalue weighted by atomic mass is 35.5. The summed E-state index contributed by atoms with van der Waals surface area (Å²) in [6.07, 6.45) is 2.94. The Morgan fingerprint density at radius 3 is 2.71 bits per heavy atom. The summed E-state index contributed by atoms with van der Waals surface area (Å²) >= 11 is 5.93. The maximum Gasteiger partial charge on any atom is 0.226 e. The Morgan fingerprint density at radius 1 is 1.19 bits per heavy atom. The number of halogens is 2. The van der Waals surface area contributed by atoms with Gasteiger partial charge in [0.05, 0.1) is 11.1 Å². The number of hydrogen-bond donors (Lipinski definition) is 1. The molecule has 2 aromatic carbocycles. The van der Waals surface area contributed by atoms with Crippen molar-refractivity contribution < 1.29 is 18.8 Å². The standard InChI is InChI=1S/C24H26ClFN2O3/c25-19-6-4-17(5-7-19)8-11-27-23(29)24(9-12-30-13-10-24)16-21-15-22(28-31-21)18-2-1-3-20(26)14-18/h1-7,14,21H,8-13,15-16H2,(H,27,29)/t21-/m1/s1. The largest absolute Gasteiger partial charge is 0.392 e. The zero-order chi connectivity index (χ0) is 21.7. The number of carbonyl (C=O) groups is 1. The fourth-order valence-corrected chi connectivity index (χ4v) is 4.38. The normalized spacial score (nSPS) is 20.1. The fraction of sp³-hybridized carbons (Fsp3) is 0.417. The van der Waals surface area contributed by atoms with Gasteiger partial charge in [0.25, 0.3) is 0 Å².